The molecule has 0 spiro atoms. The molecule has 2 aromatic rings. The Balaban J connectivity index is 1.22. The number of amides is 1. The summed E-state index contributed by atoms with van der Waals surface area (Å²) in [6, 6.07) is 13.5. The number of nitrogens with zero attached hydrogens (tertiary/aromatic N) is 1. The molecule has 0 unspecified atom stereocenters. The lowest BCUT2D eigenvalue weighted by molar-refractivity contribution is -0.116. The molecule has 0 atom stereocenters. The van der Waals surface area contributed by atoms with Crippen LogP contribution in [0.15, 0.2) is 42.5 Å². The van der Waals surface area contributed by atoms with E-state index < -0.39 is 0 Å². The molecular formula is C23H27ClN2O3. The first-order valence-corrected chi connectivity index (χ1v) is 10.6. The first-order chi connectivity index (χ1) is 14.0. The van der Waals surface area contributed by atoms with E-state index in [4.69, 9.17) is 21.1 Å². The minimum absolute atomic E-state index is 0.0758. The normalized spacial score (nSPS) is 18.6. The Morgan fingerprint density at radius 1 is 1.07 bits per heavy atom. The number of fused-ring (bicyclic) bond motifs is 1. The lowest BCUT2D eigenvalue weighted by atomic mass is 9.93. The zero-order valence-electron chi connectivity index (χ0n) is 16.7. The van der Waals surface area contributed by atoms with Gasteiger partial charge in [-0.3, -0.25) is 9.69 Å². The smallest absolute Gasteiger partial charge is 0.224 e. The van der Waals surface area contributed by atoms with Gasteiger partial charge in [-0.05, 0) is 62.1 Å². The quantitative estimate of drug-likeness (QED) is 0.754. The van der Waals surface area contributed by atoms with E-state index in [0.29, 0.717) is 13.0 Å². The lowest BCUT2D eigenvalue weighted by Crippen LogP contribution is -2.47. The lowest BCUT2D eigenvalue weighted by Gasteiger charge is -2.39. The SMILES string of the molecule is CC1(Oc2ccc(Cl)cc2)CCN(CCOc2ccc3c(c2)NC(=O)CC3)CC1. The molecule has 1 fully saturated rings. The summed E-state index contributed by atoms with van der Waals surface area (Å²) in [7, 11) is 0. The number of likely N-dealkylation sites (tertiary alicyclic amines) is 1. The number of benzene rings is 2. The average Bonchev–Trinajstić information content (AvgIpc) is 2.71. The minimum atomic E-state index is -0.151. The molecular weight excluding hydrogens is 388 g/mol. The Hall–Kier alpha value is -2.24. The minimum Gasteiger partial charge on any atom is -0.492 e. The standard InChI is InChI=1S/C23H27ClN2O3/c1-23(29-19-7-4-18(24)5-8-19)10-12-26(13-11-23)14-15-28-20-6-2-17-3-9-22(27)25-21(17)16-20/h2,4-8,16H,3,9-15H2,1H3,(H,25,27). The largest absolute Gasteiger partial charge is 0.492 e. The van der Waals surface area contributed by atoms with Gasteiger partial charge in [0.15, 0.2) is 0 Å². The van der Waals surface area contributed by atoms with Crippen LogP contribution in [0.3, 0.4) is 0 Å². The number of piperidine rings is 1. The molecule has 0 radical (unpaired) electrons. The molecule has 154 valence electrons. The van der Waals surface area contributed by atoms with Crippen LogP contribution in [0.2, 0.25) is 5.02 Å². The fourth-order valence-corrected chi connectivity index (χ4v) is 4.00. The van der Waals surface area contributed by atoms with Crippen molar-refractivity contribution in [2.75, 3.05) is 31.6 Å². The van der Waals surface area contributed by atoms with Crippen LogP contribution < -0.4 is 14.8 Å². The Bertz CT molecular complexity index is 861. The molecule has 6 heteroatoms. The average molecular weight is 415 g/mol. The van der Waals surface area contributed by atoms with Gasteiger partial charge in [0.25, 0.3) is 0 Å². The topological polar surface area (TPSA) is 50.8 Å². The maximum atomic E-state index is 11.6. The fourth-order valence-electron chi connectivity index (χ4n) is 3.87. The molecule has 29 heavy (non-hydrogen) atoms. The molecule has 2 aliphatic rings. The number of rotatable bonds is 6. The number of nitrogens with one attached hydrogen (secondary N) is 1. The number of carbonyl (C=O) groups is 1. The maximum absolute atomic E-state index is 11.6. The molecule has 0 aliphatic carbocycles. The van der Waals surface area contributed by atoms with Crippen LogP contribution in [0.1, 0.15) is 31.7 Å². The first kappa shape index (κ1) is 20.0. The summed E-state index contributed by atoms with van der Waals surface area (Å²) in [5.41, 5.74) is 1.90. The van der Waals surface area contributed by atoms with E-state index in [1.54, 1.807) is 0 Å². The predicted octanol–water partition coefficient (Wildman–Crippen LogP) is 4.54. The number of carbonyl (C=O) groups excluding carboxylic acids is 1. The molecule has 0 bridgehead atoms. The van der Waals surface area contributed by atoms with Gasteiger partial charge in [-0.25, -0.2) is 0 Å². The highest BCUT2D eigenvalue weighted by molar-refractivity contribution is 6.30. The third kappa shape index (κ3) is 5.22. The Morgan fingerprint density at radius 3 is 2.55 bits per heavy atom. The van der Waals surface area contributed by atoms with Gasteiger partial charge in [0.1, 0.15) is 23.7 Å². The second kappa shape index (κ2) is 8.64. The van der Waals surface area contributed by atoms with Crippen molar-refractivity contribution in [3.05, 3.63) is 53.1 Å². The van der Waals surface area contributed by atoms with Crippen LogP contribution in [0.25, 0.3) is 0 Å². The Kier molecular flexibility index (Phi) is 5.97. The molecule has 1 saturated heterocycles. The molecule has 0 saturated carbocycles. The summed E-state index contributed by atoms with van der Waals surface area (Å²) in [5, 5.41) is 3.64. The number of aryl methyl sites for hydroxylation is 1. The zero-order valence-corrected chi connectivity index (χ0v) is 17.5. The van der Waals surface area contributed by atoms with Crippen LogP contribution in [0.5, 0.6) is 11.5 Å². The monoisotopic (exact) mass is 414 g/mol. The van der Waals surface area contributed by atoms with Crippen LogP contribution in [0.4, 0.5) is 5.69 Å². The van der Waals surface area contributed by atoms with Crippen molar-refractivity contribution in [1.82, 2.24) is 4.90 Å². The second-order valence-electron chi connectivity index (χ2n) is 8.06. The van der Waals surface area contributed by atoms with E-state index in [1.807, 2.05) is 42.5 Å². The van der Waals surface area contributed by atoms with E-state index in [2.05, 4.69) is 17.1 Å². The summed E-state index contributed by atoms with van der Waals surface area (Å²) in [4.78, 5) is 14.0. The van der Waals surface area contributed by atoms with E-state index in [1.165, 1.54) is 5.56 Å². The van der Waals surface area contributed by atoms with Gasteiger partial charge in [-0.15, -0.1) is 0 Å². The highest BCUT2D eigenvalue weighted by Gasteiger charge is 2.31. The van der Waals surface area contributed by atoms with Gasteiger partial charge < -0.3 is 14.8 Å². The zero-order chi connectivity index (χ0) is 20.3. The van der Waals surface area contributed by atoms with Crippen LogP contribution in [-0.4, -0.2) is 42.6 Å². The van der Waals surface area contributed by atoms with Crippen molar-refractivity contribution in [2.45, 2.75) is 38.2 Å². The first-order valence-electron chi connectivity index (χ1n) is 10.2. The van der Waals surface area contributed by atoms with E-state index >= 15 is 0 Å². The number of ether oxygens (including phenoxy) is 2. The third-order valence-corrected chi connectivity index (χ3v) is 6.00. The fraction of sp³-hybridized carbons (Fsp3) is 0.435. The van der Waals surface area contributed by atoms with Crippen LogP contribution in [0, 0.1) is 0 Å². The summed E-state index contributed by atoms with van der Waals surface area (Å²) in [6.07, 6.45) is 3.30. The van der Waals surface area contributed by atoms with Crippen molar-refractivity contribution >= 4 is 23.2 Å². The number of anilines is 1. The van der Waals surface area contributed by atoms with Gasteiger partial charge in [-0.1, -0.05) is 17.7 Å². The highest BCUT2D eigenvalue weighted by Crippen LogP contribution is 2.30. The van der Waals surface area contributed by atoms with Gasteiger partial charge in [-0.2, -0.15) is 0 Å². The molecule has 1 N–H and O–H groups in total. The van der Waals surface area contributed by atoms with Gasteiger partial charge in [0, 0.05) is 42.8 Å². The van der Waals surface area contributed by atoms with Crippen LogP contribution >= 0.6 is 11.6 Å². The van der Waals surface area contributed by atoms with E-state index in [0.717, 1.165) is 61.1 Å². The molecule has 2 aromatic carbocycles. The van der Waals surface area contributed by atoms with E-state index in [9.17, 15) is 4.79 Å². The maximum Gasteiger partial charge on any atom is 0.224 e. The molecule has 2 heterocycles. The second-order valence-corrected chi connectivity index (χ2v) is 8.50. The Labute approximate surface area is 176 Å². The van der Waals surface area contributed by atoms with Crippen molar-refractivity contribution in [1.29, 1.82) is 0 Å². The molecule has 2 aliphatic heterocycles. The van der Waals surface area contributed by atoms with Crippen molar-refractivity contribution < 1.29 is 14.3 Å². The summed E-state index contributed by atoms with van der Waals surface area (Å²) < 4.78 is 12.2. The summed E-state index contributed by atoms with van der Waals surface area (Å²) in [5.74, 6) is 1.75. The predicted molar refractivity (Wildman–Crippen MR) is 115 cm³/mol. The van der Waals surface area contributed by atoms with Crippen LogP contribution in [-0.2, 0) is 11.2 Å². The Morgan fingerprint density at radius 2 is 1.79 bits per heavy atom. The molecule has 4 rings (SSSR count). The van der Waals surface area contributed by atoms with Crippen molar-refractivity contribution in [3.8, 4) is 11.5 Å². The van der Waals surface area contributed by atoms with Crippen molar-refractivity contribution in [3.63, 3.8) is 0 Å². The third-order valence-electron chi connectivity index (χ3n) is 5.74. The molecule has 0 aromatic heterocycles. The molecule has 1 amide bonds. The van der Waals surface area contributed by atoms with Gasteiger partial charge in [0.05, 0.1) is 0 Å². The van der Waals surface area contributed by atoms with Crippen molar-refractivity contribution in [2.24, 2.45) is 0 Å². The van der Waals surface area contributed by atoms with Gasteiger partial charge in [0.2, 0.25) is 5.91 Å². The number of hydrogen-bond donors (Lipinski definition) is 1. The highest BCUT2D eigenvalue weighted by atomic mass is 35.5. The summed E-state index contributed by atoms with van der Waals surface area (Å²) in [6.45, 7) is 5.64. The number of hydrogen-bond acceptors (Lipinski definition) is 4. The van der Waals surface area contributed by atoms with E-state index in [-0.39, 0.29) is 11.5 Å². The van der Waals surface area contributed by atoms with Gasteiger partial charge >= 0.3 is 0 Å². The summed E-state index contributed by atoms with van der Waals surface area (Å²) >= 11 is 5.95. The molecule has 5 nitrogen and oxygen atoms in total. The number of halogens is 1.